The molecule has 2 amide bonds. The maximum atomic E-state index is 12.2. The number of hydrogen-bond donors (Lipinski definition) is 1. The highest BCUT2D eigenvalue weighted by Crippen LogP contribution is 2.29. The molecular formula is C8H11F3N2O. The van der Waals surface area contributed by atoms with Gasteiger partial charge >= 0.3 is 12.2 Å². The van der Waals surface area contributed by atoms with Crippen molar-refractivity contribution >= 4 is 6.03 Å². The standard InChI is InChI=1S/C8H11F3N2O/c1-12-7(14)13-4-2-6(3-5-13)8(9,10)11/h2H,3-5H2,1H3,(H,12,14). The second-order valence-corrected chi connectivity index (χ2v) is 2.98. The lowest BCUT2D eigenvalue weighted by Gasteiger charge is -2.26. The molecule has 0 saturated heterocycles. The number of alkyl halides is 3. The predicted molar refractivity (Wildman–Crippen MR) is 44.8 cm³/mol. The summed E-state index contributed by atoms with van der Waals surface area (Å²) in [5.74, 6) is 0. The summed E-state index contributed by atoms with van der Waals surface area (Å²) in [6.07, 6.45) is -3.33. The van der Waals surface area contributed by atoms with Crippen molar-refractivity contribution < 1.29 is 18.0 Å². The molecule has 6 heteroatoms. The Hall–Kier alpha value is -1.20. The summed E-state index contributed by atoms with van der Waals surface area (Å²) in [4.78, 5) is 12.4. The van der Waals surface area contributed by atoms with Crippen LogP contribution in [0, 0.1) is 0 Å². The number of urea groups is 1. The normalized spacial score (nSPS) is 17.7. The van der Waals surface area contributed by atoms with Crippen LogP contribution in [0.3, 0.4) is 0 Å². The molecule has 14 heavy (non-hydrogen) atoms. The summed E-state index contributed by atoms with van der Waals surface area (Å²) in [5.41, 5.74) is -0.544. The van der Waals surface area contributed by atoms with Crippen molar-refractivity contribution in [2.24, 2.45) is 0 Å². The number of nitrogens with zero attached hydrogens (tertiary/aromatic N) is 1. The number of amides is 2. The van der Waals surface area contributed by atoms with Gasteiger partial charge < -0.3 is 10.2 Å². The summed E-state index contributed by atoms with van der Waals surface area (Å²) in [6, 6.07) is -0.345. The highest BCUT2D eigenvalue weighted by atomic mass is 19.4. The van der Waals surface area contributed by atoms with Gasteiger partial charge in [0.1, 0.15) is 0 Å². The van der Waals surface area contributed by atoms with Crippen molar-refractivity contribution in [1.82, 2.24) is 10.2 Å². The Kier molecular flexibility index (Phi) is 3.03. The van der Waals surface area contributed by atoms with E-state index in [1.54, 1.807) is 0 Å². The number of carbonyl (C=O) groups is 1. The van der Waals surface area contributed by atoms with Crippen molar-refractivity contribution in [3.63, 3.8) is 0 Å². The number of halogens is 3. The molecule has 1 N–H and O–H groups in total. The van der Waals surface area contributed by atoms with E-state index in [1.165, 1.54) is 11.9 Å². The van der Waals surface area contributed by atoms with E-state index in [9.17, 15) is 18.0 Å². The van der Waals surface area contributed by atoms with Crippen LogP contribution >= 0.6 is 0 Å². The lowest BCUT2D eigenvalue weighted by atomic mass is 10.1. The first-order valence-corrected chi connectivity index (χ1v) is 4.18. The van der Waals surface area contributed by atoms with Crippen LogP contribution < -0.4 is 5.32 Å². The van der Waals surface area contributed by atoms with Gasteiger partial charge in [-0.15, -0.1) is 0 Å². The molecule has 0 spiro atoms. The van der Waals surface area contributed by atoms with E-state index in [1.807, 2.05) is 0 Å². The molecule has 1 aliphatic heterocycles. The Labute approximate surface area is 79.6 Å². The number of rotatable bonds is 0. The van der Waals surface area contributed by atoms with Crippen LogP contribution in [0.25, 0.3) is 0 Å². The van der Waals surface area contributed by atoms with Gasteiger partial charge in [-0.1, -0.05) is 6.08 Å². The van der Waals surface area contributed by atoms with Gasteiger partial charge in [-0.2, -0.15) is 13.2 Å². The topological polar surface area (TPSA) is 32.3 Å². The summed E-state index contributed by atoms with van der Waals surface area (Å²) < 4.78 is 36.5. The molecule has 0 fully saturated rings. The molecule has 0 aromatic carbocycles. The van der Waals surface area contributed by atoms with E-state index >= 15 is 0 Å². The molecule has 0 aliphatic carbocycles. The van der Waals surface area contributed by atoms with Crippen LogP contribution in [0.1, 0.15) is 6.42 Å². The first kappa shape index (κ1) is 10.9. The lowest BCUT2D eigenvalue weighted by Crippen LogP contribution is -2.41. The van der Waals surface area contributed by atoms with E-state index in [0.29, 0.717) is 0 Å². The largest absolute Gasteiger partial charge is 0.412 e. The molecular weight excluding hydrogens is 197 g/mol. The van der Waals surface area contributed by atoms with Crippen LogP contribution in [-0.2, 0) is 0 Å². The molecule has 3 nitrogen and oxygen atoms in total. The molecule has 0 unspecified atom stereocenters. The molecule has 1 aliphatic rings. The zero-order chi connectivity index (χ0) is 10.8. The van der Waals surface area contributed by atoms with Gasteiger partial charge in [0.2, 0.25) is 0 Å². The fourth-order valence-electron chi connectivity index (χ4n) is 1.27. The SMILES string of the molecule is CNC(=O)N1CC=C(C(F)(F)F)CC1. The molecule has 0 saturated carbocycles. The van der Waals surface area contributed by atoms with Crippen LogP contribution in [0.15, 0.2) is 11.6 Å². The van der Waals surface area contributed by atoms with Crippen molar-refractivity contribution in [1.29, 1.82) is 0 Å². The van der Waals surface area contributed by atoms with E-state index in [-0.39, 0.29) is 25.5 Å². The van der Waals surface area contributed by atoms with E-state index in [0.717, 1.165) is 6.08 Å². The Morgan fingerprint density at radius 3 is 2.57 bits per heavy atom. The third kappa shape index (κ3) is 2.40. The minimum Gasteiger partial charge on any atom is -0.341 e. The highest BCUT2D eigenvalue weighted by molar-refractivity contribution is 5.74. The number of nitrogens with one attached hydrogen (secondary N) is 1. The Morgan fingerprint density at radius 1 is 1.57 bits per heavy atom. The summed E-state index contributed by atoms with van der Waals surface area (Å²) in [6.45, 7) is 0.138. The molecule has 1 heterocycles. The smallest absolute Gasteiger partial charge is 0.341 e. The maximum Gasteiger partial charge on any atom is 0.412 e. The lowest BCUT2D eigenvalue weighted by molar-refractivity contribution is -0.0956. The Morgan fingerprint density at radius 2 is 2.21 bits per heavy atom. The van der Waals surface area contributed by atoms with Crippen LogP contribution in [0.4, 0.5) is 18.0 Å². The van der Waals surface area contributed by atoms with E-state index < -0.39 is 11.7 Å². The number of carbonyl (C=O) groups excluding carboxylic acids is 1. The summed E-state index contributed by atoms with van der Waals surface area (Å²) >= 11 is 0. The second-order valence-electron chi connectivity index (χ2n) is 2.98. The van der Waals surface area contributed by atoms with Crippen molar-refractivity contribution in [2.75, 3.05) is 20.1 Å². The van der Waals surface area contributed by atoms with Crippen LogP contribution in [0.2, 0.25) is 0 Å². The minimum absolute atomic E-state index is 0.0223. The van der Waals surface area contributed by atoms with Gasteiger partial charge in [-0.3, -0.25) is 0 Å². The summed E-state index contributed by atoms with van der Waals surface area (Å²) in [5, 5.41) is 2.36. The predicted octanol–water partition coefficient (Wildman–Crippen LogP) is 1.52. The molecule has 0 aromatic heterocycles. The third-order valence-corrected chi connectivity index (χ3v) is 2.07. The quantitative estimate of drug-likeness (QED) is 0.601. The number of hydrogen-bond acceptors (Lipinski definition) is 1. The van der Waals surface area contributed by atoms with Gasteiger partial charge in [-0.25, -0.2) is 4.79 Å². The van der Waals surface area contributed by atoms with Gasteiger partial charge in [-0.05, 0) is 6.42 Å². The van der Waals surface area contributed by atoms with Gasteiger partial charge in [0.25, 0.3) is 0 Å². The van der Waals surface area contributed by atoms with E-state index in [4.69, 9.17) is 0 Å². The average molecular weight is 208 g/mol. The molecule has 0 radical (unpaired) electrons. The highest BCUT2D eigenvalue weighted by Gasteiger charge is 2.35. The fourth-order valence-corrected chi connectivity index (χ4v) is 1.27. The summed E-state index contributed by atoms with van der Waals surface area (Å²) in [7, 11) is 1.45. The maximum absolute atomic E-state index is 12.2. The van der Waals surface area contributed by atoms with Gasteiger partial charge in [0, 0.05) is 25.7 Å². The molecule has 0 bridgehead atoms. The Balaban J connectivity index is 2.60. The Bertz CT molecular complexity index is 260. The van der Waals surface area contributed by atoms with Crippen LogP contribution in [0.5, 0.6) is 0 Å². The van der Waals surface area contributed by atoms with Gasteiger partial charge in [0.05, 0.1) is 0 Å². The van der Waals surface area contributed by atoms with Crippen molar-refractivity contribution in [3.8, 4) is 0 Å². The molecule has 80 valence electrons. The van der Waals surface area contributed by atoms with Crippen LogP contribution in [-0.4, -0.2) is 37.2 Å². The average Bonchev–Trinajstić information content (AvgIpc) is 2.15. The second kappa shape index (κ2) is 3.89. The zero-order valence-corrected chi connectivity index (χ0v) is 7.69. The zero-order valence-electron chi connectivity index (χ0n) is 7.69. The van der Waals surface area contributed by atoms with Crippen molar-refractivity contribution in [2.45, 2.75) is 12.6 Å². The minimum atomic E-state index is -4.26. The molecule has 0 atom stereocenters. The van der Waals surface area contributed by atoms with Gasteiger partial charge in [0.15, 0.2) is 0 Å². The third-order valence-electron chi connectivity index (χ3n) is 2.07. The first-order chi connectivity index (χ1) is 6.45. The molecule has 0 aromatic rings. The fraction of sp³-hybridized carbons (Fsp3) is 0.625. The molecule has 1 rings (SSSR count). The first-order valence-electron chi connectivity index (χ1n) is 4.18. The monoisotopic (exact) mass is 208 g/mol. The van der Waals surface area contributed by atoms with Crippen molar-refractivity contribution in [3.05, 3.63) is 11.6 Å². The van der Waals surface area contributed by atoms with E-state index in [2.05, 4.69) is 5.32 Å².